The summed E-state index contributed by atoms with van der Waals surface area (Å²) < 4.78 is 0. The molecule has 1 fully saturated rings. The van der Waals surface area contributed by atoms with Gasteiger partial charge >= 0.3 is 0 Å². The molecule has 1 aliphatic heterocycles. The molecule has 13 heavy (non-hydrogen) atoms. The van der Waals surface area contributed by atoms with Crippen LogP contribution in [-0.4, -0.2) is 35.2 Å². The van der Waals surface area contributed by atoms with Gasteiger partial charge in [0.25, 0.3) is 0 Å². The van der Waals surface area contributed by atoms with Crippen molar-refractivity contribution in [3.8, 4) is 0 Å². The third kappa shape index (κ3) is 2.42. The Morgan fingerprint density at radius 3 is 2.54 bits per heavy atom. The standard InChI is InChI=1S/C9H18N2O2/c1-6(12)9(2,3)11-8(13)7-4-5-10-7/h6-7,10,12H,4-5H2,1-3H3,(H,11,13). The number of nitrogens with one attached hydrogen (secondary N) is 2. The van der Waals surface area contributed by atoms with Crippen LogP contribution in [0.15, 0.2) is 0 Å². The van der Waals surface area contributed by atoms with Gasteiger partial charge in [-0.1, -0.05) is 0 Å². The highest BCUT2D eigenvalue weighted by atomic mass is 16.3. The summed E-state index contributed by atoms with van der Waals surface area (Å²) in [6.45, 7) is 6.21. The molecule has 4 heteroatoms. The number of amides is 1. The zero-order valence-electron chi connectivity index (χ0n) is 8.42. The van der Waals surface area contributed by atoms with Crippen LogP contribution in [0.2, 0.25) is 0 Å². The van der Waals surface area contributed by atoms with E-state index in [0.717, 1.165) is 13.0 Å². The summed E-state index contributed by atoms with van der Waals surface area (Å²) in [5.41, 5.74) is -0.547. The third-order valence-corrected chi connectivity index (χ3v) is 2.63. The van der Waals surface area contributed by atoms with Crippen molar-refractivity contribution >= 4 is 5.91 Å². The van der Waals surface area contributed by atoms with Crippen molar-refractivity contribution in [2.24, 2.45) is 0 Å². The maximum absolute atomic E-state index is 11.5. The summed E-state index contributed by atoms with van der Waals surface area (Å²) in [5.74, 6) is -0.0165. The van der Waals surface area contributed by atoms with Crippen LogP contribution in [0, 0.1) is 0 Å². The Morgan fingerprint density at radius 1 is 1.69 bits per heavy atom. The molecule has 1 rings (SSSR count). The Bertz CT molecular complexity index is 198. The molecule has 0 radical (unpaired) electrons. The normalized spacial score (nSPS) is 24.8. The quantitative estimate of drug-likeness (QED) is 0.563. The molecule has 0 aliphatic carbocycles. The predicted molar refractivity (Wildman–Crippen MR) is 50.3 cm³/mol. The van der Waals surface area contributed by atoms with Crippen molar-refractivity contribution in [1.29, 1.82) is 0 Å². The lowest BCUT2D eigenvalue weighted by atomic mass is 9.97. The van der Waals surface area contributed by atoms with Gasteiger partial charge in [-0.05, 0) is 33.7 Å². The van der Waals surface area contributed by atoms with E-state index >= 15 is 0 Å². The Labute approximate surface area is 78.7 Å². The van der Waals surface area contributed by atoms with Crippen molar-refractivity contribution in [2.45, 2.75) is 44.9 Å². The smallest absolute Gasteiger partial charge is 0.237 e. The molecule has 4 nitrogen and oxygen atoms in total. The zero-order valence-corrected chi connectivity index (χ0v) is 8.42. The molecule has 1 saturated heterocycles. The van der Waals surface area contributed by atoms with Gasteiger partial charge in [-0.15, -0.1) is 0 Å². The molecule has 0 aromatic heterocycles. The van der Waals surface area contributed by atoms with Crippen LogP contribution >= 0.6 is 0 Å². The SMILES string of the molecule is CC(O)C(C)(C)NC(=O)C1CCN1. The summed E-state index contributed by atoms with van der Waals surface area (Å²) >= 11 is 0. The highest BCUT2D eigenvalue weighted by molar-refractivity contribution is 5.83. The lowest BCUT2D eigenvalue weighted by Crippen LogP contribution is -2.60. The largest absolute Gasteiger partial charge is 0.391 e. The van der Waals surface area contributed by atoms with E-state index in [4.69, 9.17) is 0 Å². The predicted octanol–water partition coefficient (Wildman–Crippen LogP) is -0.376. The topological polar surface area (TPSA) is 61.4 Å². The molecule has 3 N–H and O–H groups in total. The first kappa shape index (κ1) is 10.5. The third-order valence-electron chi connectivity index (χ3n) is 2.63. The summed E-state index contributed by atoms with van der Waals surface area (Å²) in [5, 5.41) is 15.2. The van der Waals surface area contributed by atoms with Crippen LogP contribution in [0.3, 0.4) is 0 Å². The summed E-state index contributed by atoms with van der Waals surface area (Å²) in [7, 11) is 0. The van der Waals surface area contributed by atoms with E-state index in [-0.39, 0.29) is 11.9 Å². The average Bonchev–Trinajstić information content (AvgIpc) is 1.80. The number of rotatable bonds is 3. The first-order valence-electron chi connectivity index (χ1n) is 4.67. The van der Waals surface area contributed by atoms with Crippen molar-refractivity contribution in [3.63, 3.8) is 0 Å². The van der Waals surface area contributed by atoms with Gasteiger partial charge in [0, 0.05) is 0 Å². The molecule has 2 unspecified atom stereocenters. The molecule has 1 heterocycles. The van der Waals surface area contributed by atoms with Gasteiger partial charge in [0.05, 0.1) is 17.7 Å². The Morgan fingerprint density at radius 2 is 2.23 bits per heavy atom. The molecule has 0 spiro atoms. The lowest BCUT2D eigenvalue weighted by Gasteiger charge is -2.34. The molecule has 1 aliphatic rings. The van der Waals surface area contributed by atoms with Crippen LogP contribution < -0.4 is 10.6 Å². The lowest BCUT2D eigenvalue weighted by molar-refractivity contribution is -0.127. The van der Waals surface area contributed by atoms with Crippen LogP contribution in [-0.2, 0) is 4.79 Å². The fourth-order valence-corrected chi connectivity index (χ4v) is 1.02. The molecule has 0 aromatic rings. The van der Waals surface area contributed by atoms with E-state index in [1.165, 1.54) is 0 Å². The van der Waals surface area contributed by atoms with Crippen molar-refractivity contribution in [1.82, 2.24) is 10.6 Å². The second-order valence-corrected chi connectivity index (χ2v) is 4.18. The van der Waals surface area contributed by atoms with Gasteiger partial charge in [-0.2, -0.15) is 0 Å². The second kappa shape index (κ2) is 3.64. The van der Waals surface area contributed by atoms with E-state index < -0.39 is 11.6 Å². The number of aliphatic hydroxyl groups is 1. The first-order valence-corrected chi connectivity index (χ1v) is 4.67. The van der Waals surface area contributed by atoms with Gasteiger partial charge < -0.3 is 15.7 Å². The van der Waals surface area contributed by atoms with Gasteiger partial charge in [0.15, 0.2) is 0 Å². The van der Waals surface area contributed by atoms with Crippen molar-refractivity contribution in [3.05, 3.63) is 0 Å². The van der Waals surface area contributed by atoms with E-state index in [0.29, 0.717) is 0 Å². The van der Waals surface area contributed by atoms with Gasteiger partial charge in [0.2, 0.25) is 5.91 Å². The summed E-state index contributed by atoms with van der Waals surface area (Å²) in [4.78, 5) is 11.5. The van der Waals surface area contributed by atoms with Gasteiger partial charge in [0.1, 0.15) is 0 Å². The average molecular weight is 186 g/mol. The molecule has 0 aromatic carbocycles. The molecular formula is C9H18N2O2. The summed E-state index contributed by atoms with van der Waals surface area (Å²) in [6, 6.07) is -0.0574. The highest BCUT2D eigenvalue weighted by Crippen LogP contribution is 2.10. The van der Waals surface area contributed by atoms with Crippen LogP contribution in [0.25, 0.3) is 0 Å². The fraction of sp³-hybridized carbons (Fsp3) is 0.889. The van der Waals surface area contributed by atoms with Crippen LogP contribution in [0.5, 0.6) is 0 Å². The van der Waals surface area contributed by atoms with Gasteiger partial charge in [-0.25, -0.2) is 0 Å². The van der Waals surface area contributed by atoms with E-state index in [2.05, 4.69) is 10.6 Å². The minimum Gasteiger partial charge on any atom is -0.391 e. The fourth-order valence-electron chi connectivity index (χ4n) is 1.02. The monoisotopic (exact) mass is 186 g/mol. The molecular weight excluding hydrogens is 168 g/mol. The second-order valence-electron chi connectivity index (χ2n) is 4.18. The van der Waals surface area contributed by atoms with Crippen molar-refractivity contribution in [2.75, 3.05) is 6.54 Å². The molecule has 76 valence electrons. The zero-order chi connectivity index (χ0) is 10.1. The van der Waals surface area contributed by atoms with Gasteiger partial charge in [-0.3, -0.25) is 4.79 Å². The number of hydrogen-bond acceptors (Lipinski definition) is 3. The minimum absolute atomic E-state index is 0.0165. The maximum atomic E-state index is 11.5. The van der Waals surface area contributed by atoms with Crippen LogP contribution in [0.4, 0.5) is 0 Å². The van der Waals surface area contributed by atoms with E-state index in [9.17, 15) is 9.90 Å². The number of carbonyl (C=O) groups is 1. The Balaban J connectivity index is 2.42. The number of hydrogen-bond donors (Lipinski definition) is 3. The van der Waals surface area contributed by atoms with E-state index in [1.54, 1.807) is 6.92 Å². The number of aliphatic hydroxyl groups excluding tert-OH is 1. The van der Waals surface area contributed by atoms with Crippen LogP contribution in [0.1, 0.15) is 27.2 Å². The maximum Gasteiger partial charge on any atom is 0.237 e. The Kier molecular flexibility index (Phi) is 2.93. The molecule has 1 amide bonds. The molecule has 2 atom stereocenters. The summed E-state index contributed by atoms with van der Waals surface area (Å²) in [6.07, 6.45) is 0.346. The van der Waals surface area contributed by atoms with Crippen molar-refractivity contribution < 1.29 is 9.90 Å². The minimum atomic E-state index is -0.547. The molecule has 0 saturated carbocycles. The Hall–Kier alpha value is -0.610. The number of carbonyl (C=O) groups excluding carboxylic acids is 1. The first-order chi connectivity index (χ1) is 5.93. The molecule has 0 bridgehead atoms. The highest BCUT2D eigenvalue weighted by Gasteiger charge is 2.31. The van der Waals surface area contributed by atoms with E-state index in [1.807, 2.05) is 13.8 Å².